The maximum atomic E-state index is 12.9. The van der Waals surface area contributed by atoms with Crippen molar-refractivity contribution in [2.24, 2.45) is 10.4 Å². The number of hydrogen-bond acceptors (Lipinski definition) is 7. The van der Waals surface area contributed by atoms with E-state index in [0.717, 1.165) is 4.90 Å². The molecule has 2 amide bonds. The van der Waals surface area contributed by atoms with E-state index in [1.165, 1.54) is 24.3 Å². The van der Waals surface area contributed by atoms with Gasteiger partial charge in [-0.2, -0.15) is 0 Å². The van der Waals surface area contributed by atoms with Crippen LogP contribution in [-0.2, 0) is 19.1 Å². The Morgan fingerprint density at radius 1 is 1.32 bits per heavy atom. The quantitative estimate of drug-likeness (QED) is 0.456. The van der Waals surface area contributed by atoms with Crippen molar-refractivity contribution in [3.8, 4) is 0 Å². The normalized spacial score (nSPS) is 22.6. The van der Waals surface area contributed by atoms with Crippen LogP contribution in [0.1, 0.15) is 19.8 Å². The Labute approximate surface area is 147 Å². The van der Waals surface area contributed by atoms with Gasteiger partial charge in [0.15, 0.2) is 11.3 Å². The largest absolute Gasteiger partial charge is 0.461 e. The van der Waals surface area contributed by atoms with Crippen LogP contribution in [0.4, 0.5) is 5.69 Å². The topological polar surface area (TPSA) is 109 Å². The zero-order valence-corrected chi connectivity index (χ0v) is 13.9. The monoisotopic (exact) mass is 364 g/mol. The smallest absolute Gasteiger partial charge is 0.354 e. The first-order chi connectivity index (χ1) is 11.9. The Morgan fingerprint density at radius 2 is 2.00 bits per heavy atom. The molecule has 1 saturated heterocycles. The highest BCUT2D eigenvalue weighted by atomic mass is 35.5. The van der Waals surface area contributed by atoms with E-state index in [1.54, 1.807) is 6.92 Å². The predicted molar refractivity (Wildman–Crippen MR) is 87.6 cm³/mol. The summed E-state index contributed by atoms with van der Waals surface area (Å²) in [5, 5.41) is 7.51. The lowest BCUT2D eigenvalue weighted by Gasteiger charge is -2.24. The van der Waals surface area contributed by atoms with E-state index in [2.05, 4.69) is 10.4 Å². The molecule has 2 aliphatic heterocycles. The van der Waals surface area contributed by atoms with Crippen LogP contribution in [0.3, 0.4) is 0 Å². The van der Waals surface area contributed by atoms with Crippen molar-refractivity contribution >= 4 is 40.8 Å². The van der Waals surface area contributed by atoms with Crippen LogP contribution < -0.4 is 4.90 Å². The summed E-state index contributed by atoms with van der Waals surface area (Å²) in [6.45, 7) is 1.73. The number of ether oxygens (including phenoxy) is 1. The van der Waals surface area contributed by atoms with Crippen molar-refractivity contribution < 1.29 is 19.1 Å². The average molecular weight is 365 g/mol. The van der Waals surface area contributed by atoms with Crippen molar-refractivity contribution in [3.63, 3.8) is 0 Å². The summed E-state index contributed by atoms with van der Waals surface area (Å²) in [6.07, 6.45) is -0.557. The minimum atomic E-state index is -1.64. The summed E-state index contributed by atoms with van der Waals surface area (Å²) in [5.41, 5.74) is -1.45. The van der Waals surface area contributed by atoms with Crippen molar-refractivity contribution in [1.82, 2.24) is 5.12 Å². The third-order valence-corrected chi connectivity index (χ3v) is 4.28. The number of halogens is 1. The number of imide groups is 1. The number of carbonyl (C=O) groups excluding carboxylic acids is 3. The molecule has 0 saturated carbocycles. The maximum absolute atomic E-state index is 12.9. The highest BCUT2D eigenvalue weighted by Gasteiger charge is 2.61. The van der Waals surface area contributed by atoms with Crippen molar-refractivity contribution in [1.29, 1.82) is 0 Å². The lowest BCUT2D eigenvalue weighted by molar-refractivity contribution is -0.135. The molecular formula is C15H13ClN4O5. The predicted octanol–water partition coefficient (Wildman–Crippen LogP) is 1.65. The zero-order chi connectivity index (χ0) is 18.2. The van der Waals surface area contributed by atoms with E-state index in [9.17, 15) is 19.3 Å². The summed E-state index contributed by atoms with van der Waals surface area (Å²) in [4.78, 5) is 49.3. The molecule has 2 heterocycles. The van der Waals surface area contributed by atoms with Crippen LogP contribution >= 0.6 is 11.6 Å². The molecule has 0 radical (unpaired) electrons. The van der Waals surface area contributed by atoms with E-state index in [4.69, 9.17) is 16.3 Å². The van der Waals surface area contributed by atoms with Gasteiger partial charge in [-0.1, -0.05) is 11.6 Å². The summed E-state index contributed by atoms with van der Waals surface area (Å²) in [6, 6.07) is 6.09. The number of anilines is 1. The third kappa shape index (κ3) is 2.66. The van der Waals surface area contributed by atoms with Crippen LogP contribution in [0.25, 0.3) is 0 Å². The van der Waals surface area contributed by atoms with Gasteiger partial charge < -0.3 is 4.74 Å². The van der Waals surface area contributed by atoms with E-state index in [-0.39, 0.29) is 25.2 Å². The van der Waals surface area contributed by atoms with E-state index >= 15 is 0 Å². The van der Waals surface area contributed by atoms with Crippen molar-refractivity contribution in [2.75, 3.05) is 11.5 Å². The van der Waals surface area contributed by atoms with Crippen LogP contribution in [0.15, 0.2) is 34.7 Å². The second-order valence-electron chi connectivity index (χ2n) is 5.53. The van der Waals surface area contributed by atoms with Crippen molar-refractivity contribution in [2.45, 2.75) is 25.3 Å². The molecule has 0 aromatic heterocycles. The molecule has 1 aromatic rings. The summed E-state index contributed by atoms with van der Waals surface area (Å²) < 4.78 is 4.84. The van der Waals surface area contributed by atoms with Gasteiger partial charge in [0.2, 0.25) is 5.91 Å². The number of amides is 2. The third-order valence-electron chi connectivity index (χ3n) is 4.03. The van der Waals surface area contributed by atoms with Crippen LogP contribution in [0, 0.1) is 4.91 Å². The summed E-state index contributed by atoms with van der Waals surface area (Å²) in [7, 11) is 0. The number of carbonyl (C=O) groups is 3. The first-order valence-electron chi connectivity index (χ1n) is 7.44. The Balaban J connectivity index is 1.94. The molecule has 1 spiro atoms. The average Bonchev–Trinajstić information content (AvgIpc) is 3.07. The van der Waals surface area contributed by atoms with E-state index < -0.39 is 23.3 Å². The van der Waals surface area contributed by atoms with Crippen LogP contribution in [0.2, 0.25) is 5.02 Å². The van der Waals surface area contributed by atoms with Crippen LogP contribution in [-0.4, -0.2) is 40.8 Å². The highest BCUT2D eigenvalue weighted by molar-refractivity contribution is 6.39. The van der Waals surface area contributed by atoms with E-state index in [1.807, 2.05) is 0 Å². The summed E-state index contributed by atoms with van der Waals surface area (Å²) >= 11 is 5.82. The molecule has 1 atom stereocenters. The number of rotatable bonds is 4. The fourth-order valence-corrected chi connectivity index (χ4v) is 3.01. The second kappa shape index (κ2) is 6.25. The number of esters is 1. The molecule has 2 aliphatic rings. The summed E-state index contributed by atoms with van der Waals surface area (Å²) in [5.74, 6) is -1.96. The van der Waals surface area contributed by atoms with Crippen molar-refractivity contribution in [3.05, 3.63) is 34.2 Å². The van der Waals surface area contributed by atoms with Gasteiger partial charge in [0.25, 0.3) is 5.91 Å². The van der Waals surface area contributed by atoms with Gasteiger partial charge >= 0.3 is 5.97 Å². The first-order valence-corrected chi connectivity index (χ1v) is 7.82. The van der Waals surface area contributed by atoms with E-state index in [0.29, 0.717) is 15.8 Å². The van der Waals surface area contributed by atoms with Gasteiger partial charge in [-0.25, -0.2) is 9.69 Å². The molecule has 0 bridgehead atoms. The van der Waals surface area contributed by atoms with Gasteiger partial charge in [-0.15, -0.1) is 15.1 Å². The lowest BCUT2D eigenvalue weighted by atomic mass is 9.92. The van der Waals surface area contributed by atoms with Gasteiger partial charge in [-0.3, -0.25) is 9.59 Å². The van der Waals surface area contributed by atoms with Gasteiger partial charge in [-0.05, 0) is 31.2 Å². The molecule has 0 aliphatic carbocycles. The number of nitrogens with zero attached hydrogens (tertiary/aromatic N) is 4. The van der Waals surface area contributed by atoms with Crippen LogP contribution in [0.5, 0.6) is 0 Å². The molecule has 1 fully saturated rings. The number of hydrogen-bond donors (Lipinski definition) is 0. The number of hydrazone groups is 1. The standard InChI is InChI=1S/C15H13ClN4O5/c1-2-25-13(22)11-7-15(20(17-11)18-24)8-12(21)19(14(15)23)10-5-3-9(16)4-6-10/h3-6H,2,7-8H2,1H3. The molecule has 10 heteroatoms. The maximum Gasteiger partial charge on any atom is 0.354 e. The molecule has 0 N–H and O–H groups in total. The molecule has 130 valence electrons. The minimum Gasteiger partial charge on any atom is -0.461 e. The Bertz CT molecular complexity index is 794. The molecule has 1 unspecified atom stereocenters. The molecule has 1 aromatic carbocycles. The lowest BCUT2D eigenvalue weighted by Crippen LogP contribution is -2.48. The van der Waals surface area contributed by atoms with Gasteiger partial charge in [0, 0.05) is 11.4 Å². The van der Waals surface area contributed by atoms with Gasteiger partial charge in [0.1, 0.15) is 0 Å². The molecule has 25 heavy (non-hydrogen) atoms. The van der Waals surface area contributed by atoms with Gasteiger partial charge in [0.05, 0.1) is 24.0 Å². The number of benzene rings is 1. The highest BCUT2D eigenvalue weighted by Crippen LogP contribution is 2.40. The Morgan fingerprint density at radius 3 is 2.60 bits per heavy atom. The molecule has 3 rings (SSSR count). The minimum absolute atomic E-state index is 0.114. The Kier molecular flexibility index (Phi) is 4.25. The SMILES string of the molecule is CCOC(=O)C1=NN(N=O)C2(CC(=O)N(c3ccc(Cl)cc3)C2=O)C1. The Hall–Kier alpha value is -2.81. The zero-order valence-electron chi connectivity index (χ0n) is 13.1. The first kappa shape index (κ1) is 17.0. The number of nitroso groups, excluding NO2 is 1. The second-order valence-corrected chi connectivity index (χ2v) is 5.97. The fraction of sp³-hybridized carbons (Fsp3) is 0.333. The molecule has 9 nitrogen and oxygen atoms in total. The molecular weight excluding hydrogens is 352 g/mol. The fourth-order valence-electron chi connectivity index (χ4n) is 2.89.